The molecule has 2 rings (SSSR count). The van der Waals surface area contributed by atoms with E-state index in [9.17, 15) is 38.0 Å². The minimum Gasteiger partial charge on any atom is -0.502 e. The van der Waals surface area contributed by atoms with E-state index in [1.165, 1.54) is 0 Å². The Bertz CT molecular complexity index is 968. The SMILES string of the molecule is CCCN(CC(=O)Nc1ccc(F)c(F)c1F)C(=O)c1ccc([N+](=O)[O-])c(O)c1. The molecule has 0 bridgehead atoms. The lowest BCUT2D eigenvalue weighted by Crippen LogP contribution is -2.38. The Hall–Kier alpha value is -3.63. The van der Waals surface area contributed by atoms with Gasteiger partial charge in [0.25, 0.3) is 5.91 Å². The zero-order chi connectivity index (χ0) is 21.7. The van der Waals surface area contributed by atoms with E-state index in [0.29, 0.717) is 12.5 Å². The topological polar surface area (TPSA) is 113 Å². The Balaban J connectivity index is 2.18. The Kier molecular flexibility index (Phi) is 6.75. The highest BCUT2D eigenvalue weighted by atomic mass is 19.2. The van der Waals surface area contributed by atoms with Gasteiger partial charge in [-0.2, -0.15) is 0 Å². The van der Waals surface area contributed by atoms with Gasteiger partial charge in [0, 0.05) is 18.2 Å². The van der Waals surface area contributed by atoms with Crippen LogP contribution < -0.4 is 5.32 Å². The first-order valence-electron chi connectivity index (χ1n) is 8.35. The van der Waals surface area contributed by atoms with Crippen molar-refractivity contribution in [3.63, 3.8) is 0 Å². The Morgan fingerprint density at radius 3 is 2.45 bits per heavy atom. The van der Waals surface area contributed by atoms with Gasteiger partial charge in [0.2, 0.25) is 5.91 Å². The Morgan fingerprint density at radius 1 is 1.17 bits per heavy atom. The average molecular weight is 411 g/mol. The summed E-state index contributed by atoms with van der Waals surface area (Å²) in [5.74, 6) is -7.04. The molecule has 11 heteroatoms. The lowest BCUT2D eigenvalue weighted by atomic mass is 10.1. The molecule has 0 saturated heterocycles. The molecule has 8 nitrogen and oxygen atoms in total. The zero-order valence-electron chi connectivity index (χ0n) is 15.1. The van der Waals surface area contributed by atoms with Crippen molar-refractivity contribution in [2.75, 3.05) is 18.4 Å². The molecular weight excluding hydrogens is 395 g/mol. The van der Waals surface area contributed by atoms with Crippen LogP contribution in [0.3, 0.4) is 0 Å². The lowest BCUT2D eigenvalue weighted by molar-refractivity contribution is -0.385. The van der Waals surface area contributed by atoms with Crippen LogP contribution in [0.2, 0.25) is 0 Å². The summed E-state index contributed by atoms with van der Waals surface area (Å²) < 4.78 is 39.9. The predicted molar refractivity (Wildman–Crippen MR) is 95.9 cm³/mol. The fraction of sp³-hybridized carbons (Fsp3) is 0.222. The quantitative estimate of drug-likeness (QED) is 0.413. The third-order valence-corrected chi connectivity index (χ3v) is 3.84. The molecule has 0 fully saturated rings. The fourth-order valence-corrected chi connectivity index (χ4v) is 2.50. The van der Waals surface area contributed by atoms with E-state index < -0.39 is 57.9 Å². The first kappa shape index (κ1) is 21.7. The highest BCUT2D eigenvalue weighted by Crippen LogP contribution is 2.27. The number of carbonyl (C=O) groups excluding carboxylic acids is 2. The number of nitro benzene ring substituents is 1. The molecule has 0 unspecified atom stereocenters. The number of rotatable bonds is 7. The number of hydrogen-bond donors (Lipinski definition) is 2. The van der Waals surface area contributed by atoms with E-state index in [1.54, 1.807) is 6.92 Å². The number of benzene rings is 2. The number of nitrogens with zero attached hydrogens (tertiary/aromatic N) is 2. The zero-order valence-corrected chi connectivity index (χ0v) is 15.1. The number of carbonyl (C=O) groups is 2. The summed E-state index contributed by atoms with van der Waals surface area (Å²) in [6.07, 6.45) is 0.442. The molecule has 0 aliphatic heterocycles. The number of halogens is 3. The maximum atomic E-state index is 13.7. The fourth-order valence-electron chi connectivity index (χ4n) is 2.50. The third kappa shape index (κ3) is 5.00. The molecule has 0 atom stereocenters. The Labute approximate surface area is 162 Å². The second-order valence-corrected chi connectivity index (χ2v) is 5.96. The van der Waals surface area contributed by atoms with Crippen LogP contribution in [0.15, 0.2) is 30.3 Å². The monoisotopic (exact) mass is 411 g/mol. The normalized spacial score (nSPS) is 10.5. The number of anilines is 1. The average Bonchev–Trinajstić information content (AvgIpc) is 2.67. The first-order valence-corrected chi connectivity index (χ1v) is 8.35. The molecule has 2 N–H and O–H groups in total. The van der Waals surface area contributed by atoms with Gasteiger partial charge in [-0.3, -0.25) is 19.7 Å². The lowest BCUT2D eigenvalue weighted by Gasteiger charge is -2.22. The minimum atomic E-state index is -1.74. The van der Waals surface area contributed by atoms with Gasteiger partial charge in [0.15, 0.2) is 23.2 Å². The molecule has 0 spiro atoms. The standard InChI is InChI=1S/C18H16F3N3O5/c1-2-7-23(18(27)10-3-6-13(24(28)29)14(25)8-10)9-15(26)22-12-5-4-11(19)16(20)17(12)21/h3-6,8,25H,2,7,9H2,1H3,(H,22,26). The number of amides is 2. The Morgan fingerprint density at radius 2 is 1.86 bits per heavy atom. The molecule has 154 valence electrons. The largest absolute Gasteiger partial charge is 0.502 e. The van der Waals surface area contributed by atoms with Crippen molar-refractivity contribution in [2.45, 2.75) is 13.3 Å². The van der Waals surface area contributed by atoms with E-state index in [0.717, 1.165) is 29.2 Å². The predicted octanol–water partition coefficient (Wildman–Crippen LogP) is 3.21. The molecule has 0 radical (unpaired) electrons. The smallest absolute Gasteiger partial charge is 0.310 e. The van der Waals surface area contributed by atoms with Gasteiger partial charge in [-0.25, -0.2) is 13.2 Å². The number of hydrogen-bond acceptors (Lipinski definition) is 5. The van der Waals surface area contributed by atoms with E-state index in [-0.39, 0.29) is 12.1 Å². The molecule has 2 amide bonds. The summed E-state index contributed by atoms with van der Waals surface area (Å²) in [7, 11) is 0. The van der Waals surface area contributed by atoms with E-state index >= 15 is 0 Å². The summed E-state index contributed by atoms with van der Waals surface area (Å²) in [6.45, 7) is 1.27. The molecule has 2 aromatic rings. The van der Waals surface area contributed by atoms with Crippen molar-refractivity contribution in [1.82, 2.24) is 4.90 Å². The van der Waals surface area contributed by atoms with Crippen LogP contribution in [-0.2, 0) is 4.79 Å². The molecule has 0 saturated carbocycles. The van der Waals surface area contributed by atoms with Crippen LogP contribution in [-0.4, -0.2) is 39.8 Å². The van der Waals surface area contributed by atoms with Crippen molar-refractivity contribution in [3.8, 4) is 5.75 Å². The molecule has 0 aromatic heterocycles. The van der Waals surface area contributed by atoms with Crippen molar-refractivity contribution in [3.05, 3.63) is 63.5 Å². The second kappa shape index (κ2) is 9.04. The molecule has 2 aromatic carbocycles. The van der Waals surface area contributed by atoms with E-state index in [2.05, 4.69) is 5.32 Å². The van der Waals surface area contributed by atoms with Gasteiger partial charge < -0.3 is 15.3 Å². The maximum Gasteiger partial charge on any atom is 0.310 e. The van der Waals surface area contributed by atoms with Gasteiger partial charge in [-0.05, 0) is 30.7 Å². The number of phenolic OH excluding ortho intramolecular Hbond substituents is 1. The van der Waals surface area contributed by atoms with Crippen LogP contribution in [0.25, 0.3) is 0 Å². The van der Waals surface area contributed by atoms with Crippen LogP contribution in [0.5, 0.6) is 5.75 Å². The minimum absolute atomic E-state index is 0.101. The number of nitro groups is 1. The van der Waals surface area contributed by atoms with Gasteiger partial charge in [0.05, 0.1) is 10.6 Å². The van der Waals surface area contributed by atoms with Crippen LogP contribution in [0, 0.1) is 27.6 Å². The van der Waals surface area contributed by atoms with Gasteiger partial charge in [-0.1, -0.05) is 6.92 Å². The number of aromatic hydroxyl groups is 1. The molecule has 0 heterocycles. The van der Waals surface area contributed by atoms with Gasteiger partial charge >= 0.3 is 5.69 Å². The molecule has 29 heavy (non-hydrogen) atoms. The second-order valence-electron chi connectivity index (χ2n) is 5.96. The van der Waals surface area contributed by atoms with Crippen LogP contribution in [0.1, 0.15) is 23.7 Å². The highest BCUT2D eigenvalue weighted by Gasteiger charge is 2.23. The highest BCUT2D eigenvalue weighted by molar-refractivity contribution is 5.99. The van der Waals surface area contributed by atoms with Crippen molar-refractivity contribution < 1.29 is 32.8 Å². The van der Waals surface area contributed by atoms with Crippen LogP contribution >= 0.6 is 0 Å². The van der Waals surface area contributed by atoms with Crippen molar-refractivity contribution >= 4 is 23.2 Å². The maximum absolute atomic E-state index is 13.7. The number of phenols is 1. The summed E-state index contributed by atoms with van der Waals surface area (Å²) in [5, 5.41) is 22.5. The van der Waals surface area contributed by atoms with Crippen molar-refractivity contribution in [2.24, 2.45) is 0 Å². The third-order valence-electron chi connectivity index (χ3n) is 3.84. The van der Waals surface area contributed by atoms with E-state index in [1.807, 2.05) is 0 Å². The van der Waals surface area contributed by atoms with Gasteiger partial charge in [0.1, 0.15) is 6.54 Å². The summed E-state index contributed by atoms with van der Waals surface area (Å²) in [4.78, 5) is 35.8. The molecular formula is C18H16F3N3O5. The molecule has 0 aliphatic carbocycles. The number of nitrogens with one attached hydrogen (secondary N) is 1. The summed E-state index contributed by atoms with van der Waals surface area (Å²) >= 11 is 0. The first-order chi connectivity index (χ1) is 13.6. The van der Waals surface area contributed by atoms with Gasteiger partial charge in [-0.15, -0.1) is 0 Å². The van der Waals surface area contributed by atoms with Crippen molar-refractivity contribution in [1.29, 1.82) is 0 Å². The summed E-state index contributed by atoms with van der Waals surface area (Å²) in [5.41, 5.74) is -1.28. The summed E-state index contributed by atoms with van der Waals surface area (Å²) in [6, 6.07) is 4.45. The van der Waals surface area contributed by atoms with Crippen LogP contribution in [0.4, 0.5) is 24.5 Å². The van der Waals surface area contributed by atoms with E-state index in [4.69, 9.17) is 0 Å². The molecule has 0 aliphatic rings.